The number of benzene rings is 2. The fraction of sp³-hybridized carbons (Fsp3) is 0.222. The van der Waals surface area contributed by atoms with Gasteiger partial charge in [-0.3, -0.25) is 4.90 Å². The molecule has 2 aromatic carbocycles. The molecule has 1 aliphatic rings. The van der Waals surface area contributed by atoms with Crippen LogP contribution in [0.1, 0.15) is 17.3 Å². The Bertz CT molecular complexity index is 792. The van der Waals surface area contributed by atoms with Crippen LogP contribution in [0.2, 0.25) is 5.02 Å². The molecule has 0 fully saturated rings. The number of hydrogen-bond acceptors (Lipinski definition) is 4. The molecule has 7 heteroatoms. The molecule has 2 amide bonds. The molecule has 0 saturated carbocycles. The van der Waals surface area contributed by atoms with Crippen molar-refractivity contribution in [2.24, 2.45) is 0 Å². The minimum atomic E-state index is -0.392. The van der Waals surface area contributed by atoms with E-state index in [1.807, 2.05) is 0 Å². The summed E-state index contributed by atoms with van der Waals surface area (Å²) < 4.78 is 10.5. The highest BCUT2D eigenvalue weighted by atomic mass is 35.5. The molecule has 6 nitrogen and oxygen atoms in total. The quantitative estimate of drug-likeness (QED) is 0.841. The lowest BCUT2D eigenvalue weighted by atomic mass is 10.2. The summed E-state index contributed by atoms with van der Waals surface area (Å²) in [5.41, 5.74) is 1.64. The zero-order valence-corrected chi connectivity index (χ0v) is 14.4. The smallest absolute Gasteiger partial charge is 0.338 e. The molecule has 0 aliphatic carbocycles. The number of rotatable bonds is 3. The lowest BCUT2D eigenvalue weighted by Gasteiger charge is -2.29. The summed E-state index contributed by atoms with van der Waals surface area (Å²) in [5, 5.41) is 3.33. The van der Waals surface area contributed by atoms with Crippen molar-refractivity contribution in [3.63, 3.8) is 0 Å². The van der Waals surface area contributed by atoms with Crippen molar-refractivity contribution in [3.8, 4) is 5.75 Å². The van der Waals surface area contributed by atoms with E-state index in [1.165, 1.54) is 0 Å². The van der Waals surface area contributed by atoms with Crippen LogP contribution in [-0.2, 0) is 4.74 Å². The summed E-state index contributed by atoms with van der Waals surface area (Å²) in [6.07, 6.45) is 0. The number of carbonyl (C=O) groups is 2. The molecule has 2 aromatic rings. The molecular formula is C18H17ClN2O4. The average Bonchev–Trinajstić information content (AvgIpc) is 2.62. The van der Waals surface area contributed by atoms with E-state index < -0.39 is 5.97 Å². The highest BCUT2D eigenvalue weighted by molar-refractivity contribution is 6.31. The van der Waals surface area contributed by atoms with E-state index >= 15 is 0 Å². The third-order valence-corrected chi connectivity index (χ3v) is 3.91. The van der Waals surface area contributed by atoms with Gasteiger partial charge in [-0.15, -0.1) is 0 Å². The molecule has 0 saturated heterocycles. The number of nitrogens with zero attached hydrogens (tertiary/aromatic N) is 1. The summed E-state index contributed by atoms with van der Waals surface area (Å²) in [4.78, 5) is 25.8. The molecule has 0 unspecified atom stereocenters. The van der Waals surface area contributed by atoms with Gasteiger partial charge in [-0.05, 0) is 49.4 Å². The first-order valence-electron chi connectivity index (χ1n) is 7.86. The Labute approximate surface area is 150 Å². The number of halogens is 1. The number of urea groups is 1. The summed E-state index contributed by atoms with van der Waals surface area (Å²) in [5.74, 6) is 0.223. The van der Waals surface area contributed by atoms with Gasteiger partial charge in [-0.2, -0.15) is 0 Å². The minimum absolute atomic E-state index is 0.296. The van der Waals surface area contributed by atoms with Crippen molar-refractivity contribution >= 4 is 35.0 Å². The van der Waals surface area contributed by atoms with Gasteiger partial charge in [0.2, 0.25) is 0 Å². The summed E-state index contributed by atoms with van der Waals surface area (Å²) in [7, 11) is 0. The van der Waals surface area contributed by atoms with Crippen LogP contribution in [0.15, 0.2) is 42.5 Å². The molecular weight excluding hydrogens is 344 g/mol. The van der Waals surface area contributed by atoms with Crippen LogP contribution in [0.3, 0.4) is 0 Å². The van der Waals surface area contributed by atoms with Crippen LogP contribution in [0.5, 0.6) is 5.75 Å². The van der Waals surface area contributed by atoms with Crippen LogP contribution in [-0.4, -0.2) is 31.8 Å². The second-order valence-corrected chi connectivity index (χ2v) is 5.78. The van der Waals surface area contributed by atoms with Crippen LogP contribution in [0.4, 0.5) is 16.2 Å². The molecule has 0 aromatic heterocycles. The molecule has 1 aliphatic heterocycles. The second kappa shape index (κ2) is 7.44. The topological polar surface area (TPSA) is 67.9 Å². The van der Waals surface area contributed by atoms with Gasteiger partial charge in [0.15, 0.2) is 0 Å². The van der Waals surface area contributed by atoms with Crippen LogP contribution >= 0.6 is 11.6 Å². The van der Waals surface area contributed by atoms with Gasteiger partial charge in [-0.25, -0.2) is 9.59 Å². The van der Waals surface area contributed by atoms with Crippen molar-refractivity contribution in [3.05, 3.63) is 53.1 Å². The van der Waals surface area contributed by atoms with Crippen LogP contribution in [0, 0.1) is 0 Å². The number of esters is 1. The molecule has 3 rings (SSSR count). The number of fused-ring (bicyclic) bond motifs is 1. The van der Waals surface area contributed by atoms with Crippen molar-refractivity contribution in [1.82, 2.24) is 0 Å². The largest absolute Gasteiger partial charge is 0.490 e. The van der Waals surface area contributed by atoms with Gasteiger partial charge < -0.3 is 14.8 Å². The van der Waals surface area contributed by atoms with Crippen LogP contribution in [0.25, 0.3) is 0 Å². The maximum Gasteiger partial charge on any atom is 0.338 e. The highest BCUT2D eigenvalue weighted by Crippen LogP contribution is 2.34. The molecule has 130 valence electrons. The number of carbonyl (C=O) groups excluding carboxylic acids is 2. The molecule has 1 heterocycles. The zero-order chi connectivity index (χ0) is 17.8. The monoisotopic (exact) mass is 360 g/mol. The van der Waals surface area contributed by atoms with E-state index in [0.29, 0.717) is 47.5 Å². The maximum absolute atomic E-state index is 12.6. The predicted octanol–water partition coefficient (Wildman–Crippen LogP) is 3.95. The van der Waals surface area contributed by atoms with Gasteiger partial charge in [0, 0.05) is 10.7 Å². The average molecular weight is 361 g/mol. The summed E-state index contributed by atoms with van der Waals surface area (Å²) in [6.45, 7) is 2.89. The predicted molar refractivity (Wildman–Crippen MR) is 95.7 cm³/mol. The molecule has 1 N–H and O–H groups in total. The number of nitrogens with one attached hydrogen (secondary N) is 1. The Kier molecular flexibility index (Phi) is 5.09. The van der Waals surface area contributed by atoms with Crippen molar-refractivity contribution in [2.45, 2.75) is 6.92 Å². The fourth-order valence-electron chi connectivity index (χ4n) is 2.50. The van der Waals surface area contributed by atoms with E-state index in [4.69, 9.17) is 21.1 Å². The molecule has 0 atom stereocenters. The number of ether oxygens (including phenoxy) is 2. The van der Waals surface area contributed by atoms with E-state index in [1.54, 1.807) is 54.3 Å². The minimum Gasteiger partial charge on any atom is -0.490 e. The van der Waals surface area contributed by atoms with Gasteiger partial charge in [-0.1, -0.05) is 11.6 Å². The van der Waals surface area contributed by atoms with Gasteiger partial charge in [0.25, 0.3) is 0 Å². The van der Waals surface area contributed by atoms with Crippen molar-refractivity contribution in [1.29, 1.82) is 0 Å². The number of anilines is 2. The molecule has 0 radical (unpaired) electrons. The Morgan fingerprint density at radius 3 is 2.72 bits per heavy atom. The first-order valence-corrected chi connectivity index (χ1v) is 8.24. The molecule has 25 heavy (non-hydrogen) atoms. The summed E-state index contributed by atoms with van der Waals surface area (Å²) in [6, 6.07) is 11.4. The van der Waals surface area contributed by atoms with Crippen LogP contribution < -0.4 is 15.0 Å². The van der Waals surface area contributed by atoms with Gasteiger partial charge in [0.05, 0.1) is 24.4 Å². The normalized spacial score (nSPS) is 12.8. The molecule has 0 spiro atoms. The Hall–Kier alpha value is -2.73. The fourth-order valence-corrected chi connectivity index (χ4v) is 2.66. The van der Waals surface area contributed by atoms with Gasteiger partial charge in [0.1, 0.15) is 12.4 Å². The summed E-state index contributed by atoms with van der Waals surface area (Å²) >= 11 is 6.02. The lowest BCUT2D eigenvalue weighted by Crippen LogP contribution is -2.40. The van der Waals surface area contributed by atoms with E-state index in [0.717, 1.165) is 0 Å². The standard InChI is InChI=1S/C18H17ClN2O4/c1-2-24-17(22)12-3-6-14(7-4-12)20-18(23)21-9-10-25-16-8-5-13(19)11-15(16)21/h3-8,11H,2,9-10H2,1H3,(H,20,23). The lowest BCUT2D eigenvalue weighted by molar-refractivity contribution is 0.0526. The SMILES string of the molecule is CCOC(=O)c1ccc(NC(=O)N2CCOc3ccc(Cl)cc32)cc1. The second-order valence-electron chi connectivity index (χ2n) is 5.34. The zero-order valence-electron chi connectivity index (χ0n) is 13.6. The van der Waals surface area contributed by atoms with Crippen molar-refractivity contribution < 1.29 is 19.1 Å². The maximum atomic E-state index is 12.6. The Morgan fingerprint density at radius 1 is 1.24 bits per heavy atom. The Balaban J connectivity index is 1.73. The number of amides is 2. The number of hydrogen-bond donors (Lipinski definition) is 1. The Morgan fingerprint density at radius 2 is 2.00 bits per heavy atom. The highest BCUT2D eigenvalue weighted by Gasteiger charge is 2.24. The molecule has 0 bridgehead atoms. The first-order chi connectivity index (χ1) is 12.1. The third kappa shape index (κ3) is 3.85. The van der Waals surface area contributed by atoms with Crippen molar-refractivity contribution in [2.75, 3.05) is 30.0 Å². The van der Waals surface area contributed by atoms with Gasteiger partial charge >= 0.3 is 12.0 Å². The third-order valence-electron chi connectivity index (χ3n) is 3.68. The van der Waals surface area contributed by atoms with E-state index in [9.17, 15) is 9.59 Å². The van der Waals surface area contributed by atoms with E-state index in [2.05, 4.69) is 5.32 Å². The van der Waals surface area contributed by atoms with E-state index in [-0.39, 0.29) is 6.03 Å². The first kappa shape index (κ1) is 17.1.